The molecule has 2 aromatic rings. The van der Waals surface area contributed by atoms with E-state index in [9.17, 15) is 0 Å². The van der Waals surface area contributed by atoms with Crippen molar-refractivity contribution in [1.29, 1.82) is 0 Å². The molecule has 1 heterocycles. The predicted octanol–water partition coefficient (Wildman–Crippen LogP) is 4.53. The van der Waals surface area contributed by atoms with Gasteiger partial charge in [0.2, 0.25) is 0 Å². The maximum Gasteiger partial charge on any atom is 0.107 e. The van der Waals surface area contributed by atoms with Gasteiger partial charge in [0.1, 0.15) is 6.17 Å². The van der Waals surface area contributed by atoms with Gasteiger partial charge < -0.3 is 9.80 Å². The molecule has 0 bridgehead atoms. The first-order chi connectivity index (χ1) is 9.68. The van der Waals surface area contributed by atoms with Crippen molar-refractivity contribution in [1.82, 2.24) is 0 Å². The standard InChI is InChI=1S/C18H20N2/c1-14-9-7-8-12-18(14)19-13-15(2)20(16(19)3)17-10-5-4-6-11-17/h4-13,16H,1-3H3. The van der Waals surface area contributed by atoms with Crippen LogP contribution in [0.4, 0.5) is 11.4 Å². The second kappa shape index (κ2) is 5.04. The van der Waals surface area contributed by atoms with E-state index in [1.807, 2.05) is 0 Å². The molecule has 0 radical (unpaired) electrons. The van der Waals surface area contributed by atoms with Crippen molar-refractivity contribution in [3.05, 3.63) is 72.1 Å². The minimum absolute atomic E-state index is 0.290. The average molecular weight is 264 g/mol. The summed E-state index contributed by atoms with van der Waals surface area (Å²) < 4.78 is 0. The fraction of sp³-hybridized carbons (Fsp3) is 0.222. The molecule has 1 atom stereocenters. The van der Waals surface area contributed by atoms with Crippen molar-refractivity contribution in [2.45, 2.75) is 26.9 Å². The Morgan fingerprint density at radius 1 is 0.850 bits per heavy atom. The Kier molecular flexibility index (Phi) is 3.23. The molecule has 2 aromatic carbocycles. The summed E-state index contributed by atoms with van der Waals surface area (Å²) in [5, 5.41) is 0. The van der Waals surface area contributed by atoms with E-state index < -0.39 is 0 Å². The van der Waals surface area contributed by atoms with E-state index in [1.54, 1.807) is 0 Å². The summed E-state index contributed by atoms with van der Waals surface area (Å²) >= 11 is 0. The van der Waals surface area contributed by atoms with Gasteiger partial charge in [0.25, 0.3) is 0 Å². The maximum atomic E-state index is 2.37. The Hall–Kier alpha value is -2.22. The lowest BCUT2D eigenvalue weighted by atomic mass is 10.2. The van der Waals surface area contributed by atoms with Crippen molar-refractivity contribution in [2.75, 3.05) is 9.80 Å². The molecule has 0 aliphatic carbocycles. The Bertz CT molecular complexity index is 631. The number of hydrogen-bond acceptors (Lipinski definition) is 2. The summed E-state index contributed by atoms with van der Waals surface area (Å²) in [6.45, 7) is 6.57. The molecule has 0 saturated carbocycles. The molecule has 0 spiro atoms. The monoisotopic (exact) mass is 264 g/mol. The Labute approximate surface area is 121 Å². The molecule has 1 unspecified atom stereocenters. The van der Waals surface area contributed by atoms with Gasteiger partial charge in [-0.05, 0) is 44.5 Å². The molecule has 0 saturated heterocycles. The van der Waals surface area contributed by atoms with Crippen LogP contribution in [0.1, 0.15) is 19.4 Å². The van der Waals surface area contributed by atoms with Crippen molar-refractivity contribution in [3.8, 4) is 0 Å². The van der Waals surface area contributed by atoms with Crippen molar-refractivity contribution < 1.29 is 0 Å². The molecular formula is C18H20N2. The third kappa shape index (κ3) is 2.07. The Morgan fingerprint density at radius 3 is 2.20 bits per heavy atom. The minimum atomic E-state index is 0.290. The molecular weight excluding hydrogens is 244 g/mol. The maximum absolute atomic E-state index is 2.37. The van der Waals surface area contributed by atoms with E-state index in [2.05, 4.69) is 91.4 Å². The quantitative estimate of drug-likeness (QED) is 0.786. The lowest BCUT2D eigenvalue weighted by molar-refractivity contribution is 0.736. The van der Waals surface area contributed by atoms with Crippen LogP contribution in [0, 0.1) is 6.92 Å². The molecule has 20 heavy (non-hydrogen) atoms. The highest BCUT2D eigenvalue weighted by atomic mass is 15.4. The molecule has 2 heteroatoms. The summed E-state index contributed by atoms with van der Waals surface area (Å²) in [7, 11) is 0. The zero-order valence-corrected chi connectivity index (χ0v) is 12.2. The number of anilines is 2. The number of aryl methyl sites for hydroxylation is 1. The largest absolute Gasteiger partial charge is 0.325 e. The van der Waals surface area contributed by atoms with Crippen molar-refractivity contribution in [2.24, 2.45) is 0 Å². The van der Waals surface area contributed by atoms with Crippen LogP contribution in [-0.4, -0.2) is 6.17 Å². The van der Waals surface area contributed by atoms with E-state index in [1.165, 1.54) is 22.6 Å². The molecule has 0 fully saturated rings. The van der Waals surface area contributed by atoms with Crippen LogP contribution < -0.4 is 9.80 Å². The highest BCUT2D eigenvalue weighted by molar-refractivity contribution is 5.65. The second-order valence-electron chi connectivity index (χ2n) is 5.30. The van der Waals surface area contributed by atoms with Gasteiger partial charge in [-0.25, -0.2) is 0 Å². The Morgan fingerprint density at radius 2 is 1.50 bits per heavy atom. The second-order valence-corrected chi connectivity index (χ2v) is 5.30. The number of hydrogen-bond donors (Lipinski definition) is 0. The lowest BCUT2D eigenvalue weighted by Gasteiger charge is -2.31. The zero-order valence-electron chi connectivity index (χ0n) is 12.2. The summed E-state index contributed by atoms with van der Waals surface area (Å²) in [5.41, 5.74) is 5.09. The van der Waals surface area contributed by atoms with E-state index in [-0.39, 0.29) is 0 Å². The van der Waals surface area contributed by atoms with Gasteiger partial charge in [-0.15, -0.1) is 0 Å². The summed E-state index contributed by atoms with van der Waals surface area (Å²) in [5.74, 6) is 0. The van der Waals surface area contributed by atoms with Gasteiger partial charge in [-0.2, -0.15) is 0 Å². The fourth-order valence-corrected chi connectivity index (χ4v) is 2.92. The first kappa shape index (κ1) is 12.8. The molecule has 102 valence electrons. The van der Waals surface area contributed by atoms with Gasteiger partial charge in [0.05, 0.1) is 0 Å². The average Bonchev–Trinajstić information content (AvgIpc) is 2.75. The first-order valence-electron chi connectivity index (χ1n) is 7.05. The van der Waals surface area contributed by atoms with Gasteiger partial charge >= 0.3 is 0 Å². The summed E-state index contributed by atoms with van der Waals surface area (Å²) in [4.78, 5) is 4.71. The zero-order chi connectivity index (χ0) is 14.1. The van der Waals surface area contributed by atoms with Crippen LogP contribution in [0.2, 0.25) is 0 Å². The normalized spacial score (nSPS) is 18.4. The van der Waals surface area contributed by atoms with Crippen LogP contribution in [0.5, 0.6) is 0 Å². The highest BCUT2D eigenvalue weighted by Crippen LogP contribution is 2.33. The lowest BCUT2D eigenvalue weighted by Crippen LogP contribution is -2.37. The molecule has 2 nitrogen and oxygen atoms in total. The third-order valence-electron chi connectivity index (χ3n) is 3.91. The summed E-state index contributed by atoms with van der Waals surface area (Å²) in [6, 6.07) is 19.1. The van der Waals surface area contributed by atoms with E-state index in [4.69, 9.17) is 0 Å². The van der Waals surface area contributed by atoms with Crippen LogP contribution in [0.3, 0.4) is 0 Å². The molecule has 0 amide bonds. The first-order valence-corrected chi connectivity index (χ1v) is 7.05. The van der Waals surface area contributed by atoms with Crippen LogP contribution in [0.25, 0.3) is 0 Å². The number of nitrogens with zero attached hydrogens (tertiary/aromatic N) is 2. The molecule has 3 rings (SSSR count). The van der Waals surface area contributed by atoms with Crippen LogP contribution in [-0.2, 0) is 0 Å². The van der Waals surface area contributed by atoms with Crippen LogP contribution >= 0.6 is 0 Å². The predicted molar refractivity (Wildman–Crippen MR) is 85.8 cm³/mol. The van der Waals surface area contributed by atoms with Crippen LogP contribution in [0.15, 0.2) is 66.5 Å². The van der Waals surface area contributed by atoms with Crippen molar-refractivity contribution >= 4 is 11.4 Å². The molecule has 0 N–H and O–H groups in total. The van der Waals surface area contributed by atoms with E-state index in [0.717, 1.165) is 0 Å². The summed E-state index contributed by atoms with van der Waals surface area (Å²) in [6.07, 6.45) is 2.53. The number of para-hydroxylation sites is 2. The third-order valence-corrected chi connectivity index (χ3v) is 3.91. The van der Waals surface area contributed by atoms with E-state index >= 15 is 0 Å². The highest BCUT2D eigenvalue weighted by Gasteiger charge is 2.28. The number of benzene rings is 2. The van der Waals surface area contributed by atoms with Gasteiger partial charge in [-0.1, -0.05) is 36.4 Å². The van der Waals surface area contributed by atoms with E-state index in [0.29, 0.717) is 6.17 Å². The van der Waals surface area contributed by atoms with Gasteiger partial charge in [0, 0.05) is 23.3 Å². The number of rotatable bonds is 2. The molecule has 0 aromatic heterocycles. The minimum Gasteiger partial charge on any atom is -0.325 e. The Balaban J connectivity index is 1.97. The van der Waals surface area contributed by atoms with Gasteiger partial charge in [0.15, 0.2) is 0 Å². The molecule has 1 aliphatic heterocycles. The smallest absolute Gasteiger partial charge is 0.107 e. The van der Waals surface area contributed by atoms with Gasteiger partial charge in [-0.3, -0.25) is 0 Å². The topological polar surface area (TPSA) is 6.48 Å². The SMILES string of the molecule is CC1=CN(c2ccccc2C)C(C)N1c1ccccc1. The fourth-order valence-electron chi connectivity index (χ4n) is 2.92. The van der Waals surface area contributed by atoms with Crippen molar-refractivity contribution in [3.63, 3.8) is 0 Å². The number of allylic oxidation sites excluding steroid dienone is 1. The molecule has 1 aliphatic rings.